The average molecular weight is 613 g/mol. The molecule has 0 bridgehead atoms. The predicted molar refractivity (Wildman–Crippen MR) is 171 cm³/mol. The van der Waals surface area contributed by atoms with Crippen molar-refractivity contribution in [2.45, 2.75) is 17.8 Å². The average Bonchev–Trinajstić information content (AvgIpc) is 3.71. The molecule has 1 fully saturated rings. The van der Waals surface area contributed by atoms with Gasteiger partial charge in [0.25, 0.3) is 5.91 Å². The summed E-state index contributed by atoms with van der Waals surface area (Å²) in [6, 6.07) is 24.1. The Morgan fingerprint density at radius 2 is 1.72 bits per heavy atom. The molecule has 1 amide bonds. The lowest BCUT2D eigenvalue weighted by Gasteiger charge is -2.36. The van der Waals surface area contributed by atoms with Gasteiger partial charge in [-0.15, -0.1) is 21.5 Å². The Morgan fingerprint density at radius 3 is 2.49 bits per heavy atom. The summed E-state index contributed by atoms with van der Waals surface area (Å²) in [5.74, 6) is 2.87. The summed E-state index contributed by atoms with van der Waals surface area (Å²) in [4.78, 5) is 22.2. The molecule has 1 aliphatic rings. The smallest absolute Gasteiger partial charge is 0.273 e. The van der Waals surface area contributed by atoms with E-state index in [2.05, 4.69) is 56.9 Å². The number of piperazine rings is 1. The zero-order chi connectivity index (χ0) is 29.8. The quantitative estimate of drug-likeness (QED) is 0.188. The number of hydrogen-bond acceptors (Lipinski definition) is 9. The molecule has 1 saturated heterocycles. The zero-order valence-electron chi connectivity index (χ0n) is 24.3. The number of rotatable bonds is 9. The molecule has 1 aliphatic heterocycles. The maximum Gasteiger partial charge on any atom is 0.273 e. The molecule has 0 saturated carbocycles. The van der Waals surface area contributed by atoms with Gasteiger partial charge in [-0.3, -0.25) is 9.36 Å². The van der Waals surface area contributed by atoms with E-state index in [-0.39, 0.29) is 5.91 Å². The molecule has 0 unspecified atom stereocenters. The van der Waals surface area contributed by atoms with Gasteiger partial charge in [-0.05, 0) is 43.3 Å². The summed E-state index contributed by atoms with van der Waals surface area (Å²) in [6.07, 6.45) is 0. The molecular weight excluding hydrogens is 581 g/mol. The summed E-state index contributed by atoms with van der Waals surface area (Å²) in [7, 11) is 3.34. The molecular formula is C32H32N6O3S2. The number of amides is 1. The third-order valence-corrected chi connectivity index (χ3v) is 9.31. The van der Waals surface area contributed by atoms with Gasteiger partial charge in [0.1, 0.15) is 22.2 Å². The van der Waals surface area contributed by atoms with Crippen LogP contribution in [0.5, 0.6) is 11.5 Å². The van der Waals surface area contributed by atoms with Crippen LogP contribution in [0.15, 0.2) is 83.3 Å². The number of carbonyl (C=O) groups excluding carboxylic acids is 1. The van der Waals surface area contributed by atoms with Crippen LogP contribution in [0.4, 0.5) is 5.69 Å². The lowest BCUT2D eigenvalue weighted by Crippen LogP contribution is -2.49. The lowest BCUT2D eigenvalue weighted by molar-refractivity contribution is 0.0741. The number of methoxy groups -OCH3 is 2. The number of anilines is 1. The molecule has 11 heteroatoms. The van der Waals surface area contributed by atoms with Gasteiger partial charge in [0, 0.05) is 42.8 Å². The zero-order valence-corrected chi connectivity index (χ0v) is 25.9. The molecule has 220 valence electrons. The number of aromatic nitrogens is 4. The molecule has 0 N–H and O–H groups in total. The number of carbonyl (C=O) groups is 1. The molecule has 6 rings (SSSR count). The monoisotopic (exact) mass is 612 g/mol. The van der Waals surface area contributed by atoms with E-state index in [0.29, 0.717) is 24.5 Å². The molecule has 0 spiro atoms. The highest BCUT2D eigenvalue weighted by molar-refractivity contribution is 7.98. The third-order valence-electron chi connectivity index (χ3n) is 7.34. The Balaban J connectivity index is 1.15. The number of benzene rings is 3. The van der Waals surface area contributed by atoms with E-state index in [9.17, 15) is 4.79 Å². The second-order valence-corrected chi connectivity index (χ2v) is 12.0. The summed E-state index contributed by atoms with van der Waals surface area (Å²) < 4.78 is 13.0. The second kappa shape index (κ2) is 12.9. The Morgan fingerprint density at radius 1 is 0.930 bits per heavy atom. The Hall–Kier alpha value is -4.35. The van der Waals surface area contributed by atoms with Crippen LogP contribution >= 0.6 is 23.1 Å². The van der Waals surface area contributed by atoms with Crippen LogP contribution in [-0.2, 0) is 5.75 Å². The van der Waals surface area contributed by atoms with Crippen LogP contribution in [-0.4, -0.2) is 71.0 Å². The van der Waals surface area contributed by atoms with E-state index in [0.717, 1.165) is 57.5 Å². The molecule has 3 heterocycles. The Labute approximate surface area is 259 Å². The van der Waals surface area contributed by atoms with Gasteiger partial charge in [-0.1, -0.05) is 53.7 Å². The number of ether oxygens (including phenoxy) is 2. The van der Waals surface area contributed by atoms with E-state index in [4.69, 9.17) is 14.5 Å². The number of hydrogen-bond donors (Lipinski definition) is 0. The largest absolute Gasteiger partial charge is 0.497 e. The van der Waals surface area contributed by atoms with Gasteiger partial charge in [-0.25, -0.2) is 4.98 Å². The van der Waals surface area contributed by atoms with Crippen molar-refractivity contribution >= 4 is 34.7 Å². The first kappa shape index (κ1) is 28.8. The molecule has 9 nitrogen and oxygen atoms in total. The van der Waals surface area contributed by atoms with E-state index < -0.39 is 0 Å². The fourth-order valence-corrected chi connectivity index (χ4v) is 6.78. The van der Waals surface area contributed by atoms with Crippen molar-refractivity contribution < 1.29 is 14.3 Å². The third kappa shape index (κ3) is 6.23. The van der Waals surface area contributed by atoms with E-state index in [1.807, 2.05) is 52.7 Å². The van der Waals surface area contributed by atoms with E-state index in [1.54, 1.807) is 26.0 Å². The number of thioether (sulfide) groups is 1. The highest BCUT2D eigenvalue weighted by Crippen LogP contribution is 2.32. The summed E-state index contributed by atoms with van der Waals surface area (Å²) in [6.45, 7) is 4.80. The van der Waals surface area contributed by atoms with Crippen molar-refractivity contribution in [3.63, 3.8) is 0 Å². The standard InChI is InChI=1S/C32H32N6O3S2/c1-22-11-13-24(14-12-22)38-30(23-7-6-8-25(19-23)40-2)34-35-32(38)43-21-29-33-26(20-42-29)31(39)37-17-15-36(16-18-37)27-9-4-5-10-28(27)41-3/h4-14,19-20H,15-18,21H2,1-3H3. The van der Waals surface area contributed by atoms with Gasteiger partial charge in [0.2, 0.25) is 0 Å². The summed E-state index contributed by atoms with van der Waals surface area (Å²) >= 11 is 3.04. The predicted octanol–water partition coefficient (Wildman–Crippen LogP) is 5.97. The first-order valence-electron chi connectivity index (χ1n) is 14.0. The van der Waals surface area contributed by atoms with Crippen LogP contribution in [0.3, 0.4) is 0 Å². The molecule has 0 aliphatic carbocycles. The van der Waals surface area contributed by atoms with Gasteiger partial charge >= 0.3 is 0 Å². The van der Waals surface area contributed by atoms with E-state index in [1.165, 1.54) is 16.9 Å². The SMILES string of the molecule is COc1cccc(-c2nnc(SCc3nc(C(=O)N4CCN(c5ccccc5OC)CC4)cs3)n2-c2ccc(C)cc2)c1. The van der Waals surface area contributed by atoms with E-state index >= 15 is 0 Å². The molecule has 43 heavy (non-hydrogen) atoms. The lowest BCUT2D eigenvalue weighted by atomic mass is 10.2. The highest BCUT2D eigenvalue weighted by Gasteiger charge is 2.25. The minimum Gasteiger partial charge on any atom is -0.497 e. The Bertz CT molecular complexity index is 1710. The van der Waals surface area contributed by atoms with Crippen LogP contribution < -0.4 is 14.4 Å². The maximum atomic E-state index is 13.3. The number of nitrogens with zero attached hydrogens (tertiary/aromatic N) is 6. The van der Waals surface area contributed by atoms with Gasteiger partial charge < -0.3 is 19.3 Å². The van der Waals surface area contributed by atoms with Gasteiger partial charge in [0.15, 0.2) is 11.0 Å². The molecule has 2 aromatic heterocycles. The highest BCUT2D eigenvalue weighted by atomic mass is 32.2. The number of thiazole rings is 1. The minimum absolute atomic E-state index is 0.0321. The topological polar surface area (TPSA) is 85.6 Å². The number of aryl methyl sites for hydroxylation is 1. The van der Waals surface area contributed by atoms with Crippen molar-refractivity contribution in [1.29, 1.82) is 0 Å². The van der Waals surface area contributed by atoms with Crippen molar-refractivity contribution in [3.8, 4) is 28.6 Å². The Kier molecular flexibility index (Phi) is 8.62. The van der Waals surface area contributed by atoms with Crippen molar-refractivity contribution in [2.24, 2.45) is 0 Å². The minimum atomic E-state index is -0.0321. The van der Waals surface area contributed by atoms with Gasteiger partial charge in [0.05, 0.1) is 25.7 Å². The summed E-state index contributed by atoms with van der Waals surface area (Å²) in [5.41, 5.74) is 4.60. The van der Waals surface area contributed by atoms with Crippen LogP contribution in [0.25, 0.3) is 17.1 Å². The molecule has 5 aromatic rings. The van der Waals surface area contributed by atoms with Gasteiger partial charge in [-0.2, -0.15) is 0 Å². The van der Waals surface area contributed by atoms with Crippen molar-refractivity contribution in [2.75, 3.05) is 45.3 Å². The molecule has 0 atom stereocenters. The maximum absolute atomic E-state index is 13.3. The summed E-state index contributed by atoms with van der Waals surface area (Å²) in [5, 5.41) is 12.6. The first-order chi connectivity index (χ1) is 21.0. The second-order valence-electron chi connectivity index (χ2n) is 10.1. The normalized spacial score (nSPS) is 13.3. The first-order valence-corrected chi connectivity index (χ1v) is 15.8. The molecule has 3 aromatic carbocycles. The number of para-hydroxylation sites is 2. The van der Waals surface area contributed by atoms with Crippen LogP contribution in [0.2, 0.25) is 0 Å². The van der Waals surface area contributed by atoms with Crippen LogP contribution in [0, 0.1) is 6.92 Å². The van der Waals surface area contributed by atoms with Crippen molar-refractivity contribution in [3.05, 3.63) is 94.4 Å². The fraction of sp³-hybridized carbons (Fsp3) is 0.250. The van der Waals surface area contributed by atoms with Crippen molar-refractivity contribution in [1.82, 2.24) is 24.6 Å². The van der Waals surface area contributed by atoms with Crippen LogP contribution in [0.1, 0.15) is 21.1 Å². The molecule has 0 radical (unpaired) electrons. The fourth-order valence-electron chi connectivity index (χ4n) is 5.04.